The van der Waals surface area contributed by atoms with Crippen LogP contribution in [0.2, 0.25) is 0 Å². The van der Waals surface area contributed by atoms with Gasteiger partial charge >= 0.3 is 5.97 Å². The van der Waals surface area contributed by atoms with Crippen LogP contribution in [0.1, 0.15) is 234 Å². The van der Waals surface area contributed by atoms with E-state index in [1.807, 2.05) is 0 Å². The number of hydrogen-bond donors (Lipinski definition) is 3. The van der Waals surface area contributed by atoms with Crippen LogP contribution in [0.3, 0.4) is 0 Å². The minimum absolute atomic E-state index is 0.175. The molecule has 0 aliphatic heterocycles. The third-order valence-electron chi connectivity index (χ3n) is 9.82. The number of aliphatic hydroxyl groups is 1. The molecule has 0 fully saturated rings. The van der Waals surface area contributed by atoms with Gasteiger partial charge in [-0.3, -0.25) is 14.4 Å². The maximum atomic E-state index is 10.8. The minimum Gasteiger partial charge on any atom is -0.483 e. The highest BCUT2D eigenvalue weighted by Crippen LogP contribution is 2.25. The smallest absolute Gasteiger partial charge is 0.302 e. The zero-order chi connectivity index (χ0) is 40.3. The van der Waals surface area contributed by atoms with Crippen LogP contribution in [0.4, 0.5) is 0 Å². The summed E-state index contributed by atoms with van der Waals surface area (Å²) in [5.41, 5.74) is 0. The molecule has 0 rings (SSSR count). The van der Waals surface area contributed by atoms with E-state index in [0.29, 0.717) is 6.61 Å². The normalized spacial score (nSPS) is 10.5. The lowest BCUT2D eigenvalue weighted by Crippen LogP contribution is -2.29. The molecule has 0 aromatic heterocycles. The molecule has 0 bridgehead atoms. The molecule has 320 valence electrons. The Morgan fingerprint density at radius 2 is 0.774 bits per heavy atom. The fraction of sp³-hybridized carbons (Fsp3) is 0.933. The third-order valence-corrected chi connectivity index (χ3v) is 9.82. The quantitative estimate of drug-likeness (QED) is 0.0325. The number of hydrogen-bond acceptors (Lipinski definition) is 6. The second kappa shape index (κ2) is 57.1. The maximum Gasteiger partial charge on any atom is 0.302 e. The van der Waals surface area contributed by atoms with E-state index in [9.17, 15) is 9.90 Å². The SMILES string of the molecule is CCCCCCCC.CCCCCCCCC(CCCCCCCC)CCCCCCCN(CCO)CCCCCCCOC(C)=O.O=CO.O=CO. The van der Waals surface area contributed by atoms with Gasteiger partial charge in [0.1, 0.15) is 0 Å². The Morgan fingerprint density at radius 1 is 0.491 bits per heavy atom. The van der Waals surface area contributed by atoms with Crippen LogP contribution in [-0.4, -0.2) is 72.0 Å². The highest BCUT2D eigenvalue weighted by atomic mass is 16.5. The highest BCUT2D eigenvalue weighted by Gasteiger charge is 2.09. The summed E-state index contributed by atoms with van der Waals surface area (Å²) in [6.45, 7) is 14.0. The zero-order valence-corrected chi connectivity index (χ0v) is 36.1. The minimum atomic E-state index is -0.250. The molecule has 0 amide bonds. The highest BCUT2D eigenvalue weighted by molar-refractivity contribution is 5.65. The van der Waals surface area contributed by atoms with Crippen LogP contribution in [0.25, 0.3) is 0 Å². The lowest BCUT2D eigenvalue weighted by Gasteiger charge is -2.21. The van der Waals surface area contributed by atoms with E-state index in [4.69, 9.17) is 24.5 Å². The molecule has 0 unspecified atom stereocenters. The van der Waals surface area contributed by atoms with Crippen LogP contribution in [-0.2, 0) is 19.1 Å². The molecule has 53 heavy (non-hydrogen) atoms. The van der Waals surface area contributed by atoms with E-state index in [2.05, 4.69) is 32.6 Å². The molecule has 0 aliphatic rings. The summed E-state index contributed by atoms with van der Waals surface area (Å²) in [6.07, 6.45) is 42.5. The molecule has 0 aromatic rings. The van der Waals surface area contributed by atoms with E-state index in [-0.39, 0.29) is 25.5 Å². The number of aliphatic hydroxyl groups excluding tert-OH is 1. The van der Waals surface area contributed by atoms with E-state index >= 15 is 0 Å². The molecule has 8 heteroatoms. The summed E-state index contributed by atoms with van der Waals surface area (Å²) in [4.78, 5) is 30.0. The Balaban J connectivity index is -0.000000723. The Morgan fingerprint density at radius 3 is 1.08 bits per heavy atom. The Bertz CT molecular complexity index is 637. The molecule has 0 heterocycles. The summed E-state index contributed by atoms with van der Waals surface area (Å²) < 4.78 is 5.00. The van der Waals surface area contributed by atoms with Gasteiger partial charge in [0.2, 0.25) is 0 Å². The Labute approximate surface area is 330 Å². The largest absolute Gasteiger partial charge is 0.483 e. The first-order valence-electron chi connectivity index (χ1n) is 22.5. The first kappa shape index (κ1) is 58.0. The first-order chi connectivity index (χ1) is 25.9. The van der Waals surface area contributed by atoms with Gasteiger partial charge in [-0.15, -0.1) is 0 Å². The van der Waals surface area contributed by atoms with E-state index < -0.39 is 0 Å². The number of carbonyl (C=O) groups is 3. The molecular formula is C45H93NO7. The van der Waals surface area contributed by atoms with Gasteiger partial charge in [0.15, 0.2) is 0 Å². The monoisotopic (exact) mass is 760 g/mol. The van der Waals surface area contributed by atoms with Gasteiger partial charge in [-0.1, -0.05) is 207 Å². The molecule has 0 radical (unpaired) electrons. The number of unbranched alkanes of at least 4 members (excludes halogenated alkanes) is 23. The molecule has 0 aliphatic carbocycles. The number of nitrogens with zero attached hydrogens (tertiary/aromatic N) is 1. The second-order valence-electron chi connectivity index (χ2n) is 14.8. The van der Waals surface area contributed by atoms with Crippen LogP contribution >= 0.6 is 0 Å². The van der Waals surface area contributed by atoms with Crippen molar-refractivity contribution in [1.82, 2.24) is 4.90 Å². The summed E-state index contributed by atoms with van der Waals surface area (Å²) in [7, 11) is 0. The number of esters is 1. The van der Waals surface area contributed by atoms with Gasteiger partial charge in [0.05, 0.1) is 13.2 Å². The molecule has 0 saturated carbocycles. The first-order valence-corrected chi connectivity index (χ1v) is 22.5. The van der Waals surface area contributed by atoms with Crippen LogP contribution in [0, 0.1) is 5.92 Å². The molecule has 0 atom stereocenters. The third kappa shape index (κ3) is 62.6. The van der Waals surface area contributed by atoms with Crippen molar-refractivity contribution in [2.24, 2.45) is 5.92 Å². The molecule has 0 saturated heterocycles. The second-order valence-corrected chi connectivity index (χ2v) is 14.8. The lowest BCUT2D eigenvalue weighted by molar-refractivity contribution is -0.141. The summed E-state index contributed by atoms with van der Waals surface area (Å²) in [5, 5.41) is 23.2. The van der Waals surface area contributed by atoms with E-state index in [0.717, 1.165) is 38.4 Å². The topological polar surface area (TPSA) is 124 Å². The maximum absolute atomic E-state index is 10.8. The predicted molar refractivity (Wildman–Crippen MR) is 227 cm³/mol. The van der Waals surface area contributed by atoms with Crippen molar-refractivity contribution in [3.05, 3.63) is 0 Å². The Hall–Kier alpha value is -1.67. The summed E-state index contributed by atoms with van der Waals surface area (Å²) in [5.74, 6) is 0.801. The standard InChI is InChI=1S/C35H71NO3.C8H18.2CH2O2/c1-4-6-8-10-14-20-26-35(27-21-15-11-9-7-5-2)28-22-16-12-17-23-29-36(31-32-37)30-24-18-13-19-25-33-39-34(3)38;1-3-5-7-8-6-4-2;2*2-1-3/h35,37H,4-33H2,1-3H3;3-8H2,1-2H3;2*1H,(H,2,3). The van der Waals surface area contributed by atoms with Crippen molar-refractivity contribution in [2.45, 2.75) is 234 Å². The average Bonchev–Trinajstić information content (AvgIpc) is 3.14. The molecule has 8 nitrogen and oxygen atoms in total. The lowest BCUT2D eigenvalue weighted by atomic mass is 9.89. The van der Waals surface area contributed by atoms with Crippen LogP contribution < -0.4 is 0 Å². The number of rotatable bonds is 37. The zero-order valence-electron chi connectivity index (χ0n) is 36.1. The van der Waals surface area contributed by atoms with E-state index in [1.54, 1.807) is 0 Å². The molecule has 0 spiro atoms. The van der Waals surface area contributed by atoms with Gasteiger partial charge in [-0.05, 0) is 38.3 Å². The number of carbonyl (C=O) groups excluding carboxylic acids is 1. The Kier molecular flexibility index (Phi) is 62.5. The van der Waals surface area contributed by atoms with Crippen LogP contribution in [0.5, 0.6) is 0 Å². The van der Waals surface area contributed by atoms with Crippen molar-refractivity contribution in [3.8, 4) is 0 Å². The van der Waals surface area contributed by atoms with Crippen molar-refractivity contribution in [3.63, 3.8) is 0 Å². The number of ether oxygens (including phenoxy) is 1. The van der Waals surface area contributed by atoms with Gasteiger partial charge in [-0.2, -0.15) is 0 Å². The van der Waals surface area contributed by atoms with Gasteiger partial charge in [0.25, 0.3) is 12.9 Å². The fourth-order valence-electron chi connectivity index (χ4n) is 6.67. The van der Waals surface area contributed by atoms with Crippen molar-refractivity contribution in [1.29, 1.82) is 0 Å². The van der Waals surface area contributed by atoms with Crippen LogP contribution in [0.15, 0.2) is 0 Å². The van der Waals surface area contributed by atoms with E-state index in [1.165, 1.54) is 193 Å². The molecular weight excluding hydrogens is 666 g/mol. The molecule has 0 aromatic carbocycles. The van der Waals surface area contributed by atoms with Crippen molar-refractivity contribution in [2.75, 3.05) is 32.8 Å². The van der Waals surface area contributed by atoms with Gasteiger partial charge in [-0.25, -0.2) is 0 Å². The van der Waals surface area contributed by atoms with Crippen molar-refractivity contribution >= 4 is 18.9 Å². The van der Waals surface area contributed by atoms with Gasteiger partial charge in [0, 0.05) is 13.5 Å². The van der Waals surface area contributed by atoms with Crippen molar-refractivity contribution < 1.29 is 34.4 Å². The van der Waals surface area contributed by atoms with Gasteiger partial charge < -0.3 is 25.0 Å². The predicted octanol–water partition coefficient (Wildman–Crippen LogP) is 13.0. The fourth-order valence-corrected chi connectivity index (χ4v) is 6.67. The average molecular weight is 760 g/mol. The summed E-state index contributed by atoms with van der Waals surface area (Å²) >= 11 is 0. The number of carboxylic acid groups (broad SMARTS) is 2. The summed E-state index contributed by atoms with van der Waals surface area (Å²) in [6, 6.07) is 0. The molecule has 3 N–H and O–H groups in total.